The van der Waals surface area contributed by atoms with E-state index >= 15 is 0 Å². The summed E-state index contributed by atoms with van der Waals surface area (Å²) in [7, 11) is 0. The molecule has 1 saturated heterocycles. The number of H-pyrrole nitrogens is 1. The number of hydrogen-bond acceptors (Lipinski definition) is 5. The molecule has 2 N–H and O–H groups in total. The summed E-state index contributed by atoms with van der Waals surface area (Å²) in [5.41, 5.74) is 1.98. The van der Waals surface area contributed by atoms with E-state index in [2.05, 4.69) is 25.4 Å². The molecule has 1 amide bonds. The number of nitrogens with one attached hydrogen (secondary N) is 2. The average molecular weight is 369 g/mol. The van der Waals surface area contributed by atoms with Crippen molar-refractivity contribution >= 4 is 5.91 Å². The number of morpholine rings is 1. The second kappa shape index (κ2) is 8.19. The number of aromatic amines is 1. The Morgan fingerprint density at radius 1 is 1.41 bits per heavy atom. The van der Waals surface area contributed by atoms with Crippen LogP contribution in [0.5, 0.6) is 0 Å². The lowest BCUT2D eigenvalue weighted by Crippen LogP contribution is -2.55. The van der Waals surface area contributed by atoms with Crippen LogP contribution in [0.3, 0.4) is 0 Å². The molecule has 7 heteroatoms. The first-order valence-corrected chi connectivity index (χ1v) is 9.77. The first-order valence-electron chi connectivity index (χ1n) is 9.77. The van der Waals surface area contributed by atoms with Crippen LogP contribution in [0, 0.1) is 12.8 Å². The predicted molar refractivity (Wildman–Crippen MR) is 102 cm³/mol. The van der Waals surface area contributed by atoms with Gasteiger partial charge in [-0.3, -0.25) is 14.8 Å². The van der Waals surface area contributed by atoms with Crippen molar-refractivity contribution < 1.29 is 9.53 Å². The van der Waals surface area contributed by atoms with Crippen molar-refractivity contribution in [2.45, 2.75) is 38.8 Å². The van der Waals surface area contributed by atoms with Crippen molar-refractivity contribution in [2.24, 2.45) is 5.92 Å². The molecule has 0 radical (unpaired) electrons. The molecule has 1 atom stereocenters. The molecule has 144 valence electrons. The maximum atomic E-state index is 12.8. The molecule has 2 heterocycles. The fourth-order valence-corrected chi connectivity index (χ4v) is 3.70. The summed E-state index contributed by atoms with van der Waals surface area (Å²) < 4.78 is 5.58. The molecule has 2 aromatic rings. The summed E-state index contributed by atoms with van der Waals surface area (Å²) in [6.07, 6.45) is 3.91. The second-order valence-electron chi connectivity index (χ2n) is 7.55. The SMILES string of the molecule is Cc1nc(-c2cccc(CNC(=O)C3COCCN3CC3CCC3)c2)n[nH]1. The molecular weight excluding hydrogens is 342 g/mol. The largest absolute Gasteiger partial charge is 0.378 e. The summed E-state index contributed by atoms with van der Waals surface area (Å²) in [5, 5.41) is 10.1. The number of ether oxygens (including phenoxy) is 1. The quantitative estimate of drug-likeness (QED) is 0.813. The maximum absolute atomic E-state index is 12.8. The number of nitrogens with zero attached hydrogens (tertiary/aromatic N) is 3. The molecule has 0 bridgehead atoms. The maximum Gasteiger partial charge on any atom is 0.240 e. The van der Waals surface area contributed by atoms with E-state index < -0.39 is 0 Å². The summed E-state index contributed by atoms with van der Waals surface area (Å²) in [5.74, 6) is 2.26. The molecular formula is C20H27N5O2. The van der Waals surface area contributed by atoms with Crippen LogP contribution in [0.2, 0.25) is 0 Å². The van der Waals surface area contributed by atoms with E-state index in [-0.39, 0.29) is 11.9 Å². The minimum Gasteiger partial charge on any atom is -0.378 e. The average Bonchev–Trinajstić information content (AvgIpc) is 3.10. The van der Waals surface area contributed by atoms with E-state index in [0.29, 0.717) is 25.6 Å². The molecule has 1 aromatic heterocycles. The summed E-state index contributed by atoms with van der Waals surface area (Å²) >= 11 is 0. The Kier molecular flexibility index (Phi) is 5.50. The van der Waals surface area contributed by atoms with E-state index in [0.717, 1.165) is 36.0 Å². The van der Waals surface area contributed by atoms with Crippen LogP contribution in [-0.2, 0) is 16.1 Å². The van der Waals surface area contributed by atoms with E-state index in [1.165, 1.54) is 19.3 Å². The Morgan fingerprint density at radius 2 is 2.30 bits per heavy atom. The smallest absolute Gasteiger partial charge is 0.240 e. The number of aromatic nitrogens is 3. The van der Waals surface area contributed by atoms with Gasteiger partial charge in [0.2, 0.25) is 5.91 Å². The van der Waals surface area contributed by atoms with Gasteiger partial charge < -0.3 is 10.1 Å². The van der Waals surface area contributed by atoms with Gasteiger partial charge in [0.1, 0.15) is 11.9 Å². The zero-order valence-corrected chi connectivity index (χ0v) is 15.8. The monoisotopic (exact) mass is 369 g/mol. The van der Waals surface area contributed by atoms with Gasteiger partial charge in [0.05, 0.1) is 13.2 Å². The van der Waals surface area contributed by atoms with Gasteiger partial charge in [-0.15, -0.1) is 0 Å². The first-order chi connectivity index (χ1) is 13.2. The molecule has 4 rings (SSSR count). The lowest BCUT2D eigenvalue weighted by Gasteiger charge is -2.39. The van der Waals surface area contributed by atoms with E-state index in [1.54, 1.807) is 0 Å². The van der Waals surface area contributed by atoms with E-state index in [9.17, 15) is 4.79 Å². The third-order valence-electron chi connectivity index (χ3n) is 5.51. The summed E-state index contributed by atoms with van der Waals surface area (Å²) in [6.45, 7) is 5.42. The van der Waals surface area contributed by atoms with Crippen molar-refractivity contribution in [3.8, 4) is 11.4 Å². The number of aryl methyl sites for hydroxylation is 1. The number of amides is 1. The fraction of sp³-hybridized carbons (Fsp3) is 0.550. The lowest BCUT2D eigenvalue weighted by atomic mass is 9.84. The molecule has 1 aliphatic heterocycles. The zero-order valence-electron chi connectivity index (χ0n) is 15.8. The van der Waals surface area contributed by atoms with Crippen molar-refractivity contribution in [2.75, 3.05) is 26.3 Å². The molecule has 2 fully saturated rings. The molecule has 27 heavy (non-hydrogen) atoms. The van der Waals surface area contributed by atoms with Gasteiger partial charge >= 0.3 is 0 Å². The van der Waals surface area contributed by atoms with Gasteiger partial charge in [0.15, 0.2) is 5.82 Å². The highest BCUT2D eigenvalue weighted by Gasteiger charge is 2.32. The summed E-state index contributed by atoms with van der Waals surface area (Å²) in [6, 6.07) is 7.79. The van der Waals surface area contributed by atoms with Gasteiger partial charge in [0.25, 0.3) is 0 Å². The topological polar surface area (TPSA) is 83.1 Å². The zero-order chi connectivity index (χ0) is 18.6. The van der Waals surface area contributed by atoms with Gasteiger partial charge in [0, 0.05) is 25.2 Å². The highest BCUT2D eigenvalue weighted by Crippen LogP contribution is 2.28. The van der Waals surface area contributed by atoms with Crippen molar-refractivity contribution in [1.29, 1.82) is 0 Å². The van der Waals surface area contributed by atoms with Gasteiger partial charge in [-0.1, -0.05) is 24.6 Å². The third kappa shape index (κ3) is 4.36. The number of rotatable bonds is 6. The number of carbonyl (C=O) groups excluding carboxylic acids is 1. The highest BCUT2D eigenvalue weighted by atomic mass is 16.5. The molecule has 1 saturated carbocycles. The number of benzene rings is 1. The van der Waals surface area contributed by atoms with E-state index in [1.807, 2.05) is 31.2 Å². The Balaban J connectivity index is 1.36. The normalized spacial score (nSPS) is 21.0. The number of hydrogen-bond donors (Lipinski definition) is 2. The van der Waals surface area contributed by atoms with Crippen LogP contribution in [0.25, 0.3) is 11.4 Å². The minimum absolute atomic E-state index is 0.0492. The van der Waals surface area contributed by atoms with Gasteiger partial charge in [-0.25, -0.2) is 4.98 Å². The van der Waals surface area contributed by atoms with E-state index in [4.69, 9.17) is 4.74 Å². The number of carbonyl (C=O) groups is 1. The highest BCUT2D eigenvalue weighted by molar-refractivity contribution is 5.82. The van der Waals surface area contributed by atoms with Crippen LogP contribution >= 0.6 is 0 Å². The van der Waals surface area contributed by atoms with Gasteiger partial charge in [-0.2, -0.15) is 5.10 Å². The Labute approximate surface area is 159 Å². The van der Waals surface area contributed by atoms with Crippen LogP contribution in [0.4, 0.5) is 0 Å². The Bertz CT molecular complexity index is 786. The molecule has 1 aromatic carbocycles. The fourth-order valence-electron chi connectivity index (χ4n) is 3.70. The summed E-state index contributed by atoms with van der Waals surface area (Å²) in [4.78, 5) is 19.4. The van der Waals surface area contributed by atoms with Gasteiger partial charge in [-0.05, 0) is 37.3 Å². The lowest BCUT2D eigenvalue weighted by molar-refractivity contribution is -0.133. The predicted octanol–water partition coefficient (Wildman–Crippen LogP) is 1.90. The van der Waals surface area contributed by atoms with Crippen molar-refractivity contribution in [3.05, 3.63) is 35.7 Å². The Morgan fingerprint density at radius 3 is 3.04 bits per heavy atom. The van der Waals surface area contributed by atoms with Crippen LogP contribution in [-0.4, -0.2) is 58.3 Å². The molecule has 0 spiro atoms. The standard InChI is InChI=1S/C20H27N5O2/c1-14-22-19(24-23-14)17-7-3-6-16(10-17)11-21-20(26)18-13-27-9-8-25(18)12-15-4-2-5-15/h3,6-7,10,15,18H,2,4-5,8-9,11-13H2,1H3,(H,21,26)(H,22,23,24). The second-order valence-corrected chi connectivity index (χ2v) is 7.55. The van der Waals surface area contributed by atoms with Crippen LogP contribution in [0.15, 0.2) is 24.3 Å². The van der Waals surface area contributed by atoms with Crippen LogP contribution in [0.1, 0.15) is 30.7 Å². The molecule has 1 unspecified atom stereocenters. The third-order valence-corrected chi connectivity index (χ3v) is 5.51. The van der Waals surface area contributed by atoms with Crippen molar-refractivity contribution in [1.82, 2.24) is 25.4 Å². The molecule has 1 aliphatic carbocycles. The van der Waals surface area contributed by atoms with Crippen LogP contribution < -0.4 is 5.32 Å². The molecule has 2 aliphatic rings. The molecule has 7 nitrogen and oxygen atoms in total. The Hall–Kier alpha value is -2.25. The first kappa shape index (κ1) is 18.1. The van der Waals surface area contributed by atoms with Crippen molar-refractivity contribution in [3.63, 3.8) is 0 Å². The minimum atomic E-state index is -0.182.